The molecule has 0 fully saturated rings. The Labute approximate surface area is 249 Å². The molecule has 43 heavy (non-hydrogen) atoms. The van der Waals surface area contributed by atoms with Gasteiger partial charge in [0.05, 0.1) is 25.2 Å². The molecular formula is C28H21ClN4O8S2. The largest absolute Gasteiger partial charge is 0.361 e. The second-order valence-electron chi connectivity index (χ2n) is 8.69. The number of non-ortho nitro benzene ring substituents is 2. The van der Waals surface area contributed by atoms with Gasteiger partial charge in [-0.25, -0.2) is 20.8 Å². The molecule has 0 spiro atoms. The lowest BCUT2D eigenvalue weighted by atomic mass is 10.2. The van der Waals surface area contributed by atoms with Crippen molar-refractivity contribution >= 4 is 62.9 Å². The molecule has 220 valence electrons. The molecule has 0 unspecified atom stereocenters. The number of nitrogens with one attached hydrogen (secondary N) is 1. The van der Waals surface area contributed by atoms with Gasteiger partial charge in [-0.15, -0.1) is 0 Å². The van der Waals surface area contributed by atoms with Crippen molar-refractivity contribution in [3.05, 3.63) is 142 Å². The highest BCUT2D eigenvalue weighted by molar-refractivity contribution is 8.13. The maximum absolute atomic E-state index is 12.6. The van der Waals surface area contributed by atoms with Gasteiger partial charge in [-0.2, -0.15) is 0 Å². The average Bonchev–Trinajstić information content (AvgIpc) is 3.65. The maximum atomic E-state index is 12.6. The Hall–Kier alpha value is -5.05. The molecule has 6 aromatic rings. The molecule has 1 N–H and O–H groups in total. The Morgan fingerprint density at radius 3 is 1.72 bits per heavy atom. The topological polar surface area (TPSA) is 175 Å². The zero-order chi connectivity index (χ0) is 31.2. The van der Waals surface area contributed by atoms with Gasteiger partial charge < -0.3 is 4.98 Å². The van der Waals surface area contributed by atoms with Gasteiger partial charge >= 0.3 is 0 Å². The van der Waals surface area contributed by atoms with E-state index < -0.39 is 28.9 Å². The highest BCUT2D eigenvalue weighted by atomic mass is 35.7. The number of hydrogen-bond acceptors (Lipinski definition) is 8. The number of H-pyrrole nitrogens is 1. The fraction of sp³-hybridized carbons (Fsp3) is 0. The Morgan fingerprint density at radius 1 is 0.651 bits per heavy atom. The summed E-state index contributed by atoms with van der Waals surface area (Å²) in [6.45, 7) is 0. The van der Waals surface area contributed by atoms with Crippen LogP contribution in [-0.2, 0) is 19.1 Å². The molecule has 2 aromatic heterocycles. The highest BCUT2D eigenvalue weighted by Crippen LogP contribution is 2.25. The van der Waals surface area contributed by atoms with E-state index in [0.29, 0.717) is 10.9 Å². The van der Waals surface area contributed by atoms with Crippen LogP contribution in [0.5, 0.6) is 0 Å². The molecule has 6 rings (SSSR count). The van der Waals surface area contributed by atoms with Gasteiger partial charge in [-0.3, -0.25) is 20.2 Å². The van der Waals surface area contributed by atoms with E-state index in [1.807, 2.05) is 6.07 Å². The summed E-state index contributed by atoms with van der Waals surface area (Å²) in [5.74, 6) is 0. The summed E-state index contributed by atoms with van der Waals surface area (Å²) in [5, 5.41) is 22.5. The van der Waals surface area contributed by atoms with Gasteiger partial charge in [-0.1, -0.05) is 36.4 Å². The Morgan fingerprint density at radius 2 is 1.19 bits per heavy atom. The standard InChI is InChI=1S/C14H10N2O4S.C8H6N2O2.C6H5ClO2S/c17-16(18)12-6-7-14-11(10-12)8-9-15(14)21(19,20)13-4-2-1-3-5-13;11-10(12)7-1-2-8-6(5-7)3-4-9-8;7-10(8,9)6-4-2-1-3-5-6/h1-10H;1-5,9H;1-5H. The van der Waals surface area contributed by atoms with Gasteiger partial charge in [0, 0.05) is 63.6 Å². The van der Waals surface area contributed by atoms with E-state index in [0.717, 1.165) is 14.9 Å². The zero-order valence-electron chi connectivity index (χ0n) is 21.8. The molecule has 15 heteroatoms. The second kappa shape index (κ2) is 12.9. The Kier molecular flexibility index (Phi) is 9.24. The fourth-order valence-electron chi connectivity index (χ4n) is 3.87. The second-order valence-corrected chi connectivity index (χ2v) is 13.1. The van der Waals surface area contributed by atoms with Gasteiger partial charge in [0.1, 0.15) is 0 Å². The third kappa shape index (κ3) is 7.43. The number of fused-ring (bicyclic) bond motifs is 2. The van der Waals surface area contributed by atoms with Gasteiger partial charge in [0.2, 0.25) is 0 Å². The molecule has 4 aromatic carbocycles. The SMILES string of the molecule is O=S(=O)(Cl)c1ccccc1.O=[N+]([O-])c1ccc2[nH]ccc2c1.O=[N+]([O-])c1ccc2c(ccn2S(=O)(=O)c2ccccc2)c1. The van der Waals surface area contributed by atoms with E-state index in [2.05, 4.69) is 4.98 Å². The molecule has 0 amide bonds. The maximum Gasteiger partial charge on any atom is 0.270 e. The molecule has 0 bridgehead atoms. The van der Waals surface area contributed by atoms with E-state index in [-0.39, 0.29) is 21.2 Å². The number of halogens is 1. The predicted molar refractivity (Wildman–Crippen MR) is 162 cm³/mol. The van der Waals surface area contributed by atoms with Crippen molar-refractivity contribution in [2.45, 2.75) is 9.79 Å². The normalized spacial score (nSPS) is 11.2. The summed E-state index contributed by atoms with van der Waals surface area (Å²) in [6.07, 6.45) is 3.16. The van der Waals surface area contributed by atoms with E-state index in [1.54, 1.807) is 60.8 Å². The first-order valence-corrected chi connectivity index (χ1v) is 15.9. The van der Waals surface area contributed by atoms with Gasteiger partial charge in [-0.05, 0) is 48.5 Å². The first kappa shape index (κ1) is 30.9. The molecule has 0 aliphatic carbocycles. The Balaban J connectivity index is 0.000000163. The van der Waals surface area contributed by atoms with Crippen LogP contribution >= 0.6 is 10.7 Å². The Bertz CT molecular complexity index is 2130. The number of benzene rings is 4. The number of rotatable bonds is 5. The summed E-state index contributed by atoms with van der Waals surface area (Å²) in [7, 11) is -2.21. The van der Waals surface area contributed by atoms with Crippen LogP contribution in [0.25, 0.3) is 21.8 Å². The number of nitrogens with zero attached hydrogens (tertiary/aromatic N) is 3. The van der Waals surface area contributed by atoms with Crippen molar-refractivity contribution in [3.63, 3.8) is 0 Å². The predicted octanol–water partition coefficient (Wildman–Crippen LogP) is 6.48. The van der Waals surface area contributed by atoms with Crippen molar-refractivity contribution < 1.29 is 26.7 Å². The minimum Gasteiger partial charge on any atom is -0.361 e. The van der Waals surface area contributed by atoms with Crippen LogP contribution in [0.15, 0.2) is 131 Å². The monoisotopic (exact) mass is 640 g/mol. The first-order valence-electron chi connectivity index (χ1n) is 12.2. The minimum atomic E-state index is -3.71. The van der Waals surface area contributed by atoms with E-state index in [4.69, 9.17) is 10.7 Å². The van der Waals surface area contributed by atoms with Crippen LogP contribution in [-0.4, -0.2) is 35.6 Å². The van der Waals surface area contributed by atoms with Crippen molar-refractivity contribution in [1.82, 2.24) is 8.96 Å². The summed E-state index contributed by atoms with van der Waals surface area (Å²) in [6, 6.07) is 28.1. The van der Waals surface area contributed by atoms with Gasteiger partial charge in [0.25, 0.3) is 30.4 Å². The summed E-state index contributed by atoms with van der Waals surface area (Å²) in [4.78, 5) is 23.5. The van der Waals surface area contributed by atoms with Crippen LogP contribution < -0.4 is 0 Å². The fourth-order valence-corrected chi connectivity index (χ4v) is 6.04. The van der Waals surface area contributed by atoms with Crippen LogP contribution in [0.4, 0.5) is 11.4 Å². The van der Waals surface area contributed by atoms with E-state index >= 15 is 0 Å². The summed E-state index contributed by atoms with van der Waals surface area (Å²) in [5.41, 5.74) is 1.38. The van der Waals surface area contributed by atoms with Crippen LogP contribution in [0.1, 0.15) is 0 Å². The first-order chi connectivity index (χ1) is 20.4. The van der Waals surface area contributed by atoms with Crippen LogP contribution in [0, 0.1) is 20.2 Å². The van der Waals surface area contributed by atoms with E-state index in [9.17, 15) is 37.1 Å². The number of aromatic nitrogens is 2. The minimum absolute atomic E-state index is 0.0719. The summed E-state index contributed by atoms with van der Waals surface area (Å²) >= 11 is 0. The molecule has 0 atom stereocenters. The smallest absolute Gasteiger partial charge is 0.270 e. The lowest BCUT2D eigenvalue weighted by molar-refractivity contribution is -0.384. The zero-order valence-corrected chi connectivity index (χ0v) is 24.2. The van der Waals surface area contributed by atoms with Crippen molar-refractivity contribution in [3.8, 4) is 0 Å². The number of hydrogen-bond donors (Lipinski definition) is 1. The van der Waals surface area contributed by atoms with E-state index in [1.165, 1.54) is 54.7 Å². The molecule has 0 radical (unpaired) electrons. The molecule has 2 heterocycles. The average molecular weight is 641 g/mol. The van der Waals surface area contributed by atoms with Crippen LogP contribution in [0.2, 0.25) is 0 Å². The molecule has 0 aliphatic heterocycles. The third-order valence-electron chi connectivity index (χ3n) is 5.92. The lowest BCUT2D eigenvalue weighted by Crippen LogP contribution is -2.11. The van der Waals surface area contributed by atoms with Gasteiger partial charge in [0.15, 0.2) is 0 Å². The number of nitro benzene ring substituents is 2. The van der Waals surface area contributed by atoms with Crippen LogP contribution in [0.3, 0.4) is 0 Å². The van der Waals surface area contributed by atoms with Crippen molar-refractivity contribution in [1.29, 1.82) is 0 Å². The molecule has 0 saturated heterocycles. The van der Waals surface area contributed by atoms with Crippen molar-refractivity contribution in [2.75, 3.05) is 0 Å². The lowest BCUT2D eigenvalue weighted by Gasteiger charge is -2.07. The molecule has 0 saturated carbocycles. The quantitative estimate of drug-likeness (QED) is 0.126. The van der Waals surface area contributed by atoms with Crippen molar-refractivity contribution in [2.24, 2.45) is 0 Å². The third-order valence-corrected chi connectivity index (χ3v) is 9.00. The molecule has 0 aliphatic rings. The molecule has 12 nitrogen and oxygen atoms in total. The number of nitro groups is 2. The number of aromatic amines is 1. The molecular weight excluding hydrogens is 620 g/mol. The highest BCUT2D eigenvalue weighted by Gasteiger charge is 2.19. The summed E-state index contributed by atoms with van der Waals surface area (Å²) < 4.78 is 47.4.